The summed E-state index contributed by atoms with van der Waals surface area (Å²) >= 11 is 0. The Hall–Kier alpha value is -3.49. The topological polar surface area (TPSA) is 105 Å². The molecule has 2 aliphatic carbocycles. The van der Waals surface area contributed by atoms with Gasteiger partial charge in [-0.2, -0.15) is 8.78 Å². The van der Waals surface area contributed by atoms with Crippen molar-refractivity contribution in [2.75, 3.05) is 13.2 Å². The van der Waals surface area contributed by atoms with E-state index in [-0.39, 0.29) is 12.5 Å². The molecule has 0 bridgehead atoms. The maximum absolute atomic E-state index is 14.4. The highest BCUT2D eigenvalue weighted by Crippen LogP contribution is 2.44. The lowest BCUT2D eigenvalue weighted by molar-refractivity contribution is -0.149. The Morgan fingerprint density at radius 2 is 1.56 bits per heavy atom. The molecule has 0 heterocycles. The molecular formula is C25H26F2N2O5. The van der Waals surface area contributed by atoms with Gasteiger partial charge in [0.05, 0.1) is 12.5 Å². The van der Waals surface area contributed by atoms with E-state index in [1.807, 2.05) is 53.8 Å². The van der Waals surface area contributed by atoms with Gasteiger partial charge in [0.15, 0.2) is 0 Å². The van der Waals surface area contributed by atoms with Crippen LogP contribution >= 0.6 is 0 Å². The van der Waals surface area contributed by atoms with Gasteiger partial charge in [0.25, 0.3) is 5.91 Å². The number of hydrogen-bond acceptors (Lipinski definition) is 4. The molecule has 0 radical (unpaired) electrons. The Balaban J connectivity index is 1.31. The highest BCUT2D eigenvalue weighted by Gasteiger charge is 2.42. The number of alkyl halides is 2. The third-order valence-electron chi connectivity index (χ3n) is 6.53. The van der Waals surface area contributed by atoms with Gasteiger partial charge in [0, 0.05) is 12.0 Å². The van der Waals surface area contributed by atoms with Gasteiger partial charge >= 0.3 is 18.0 Å². The summed E-state index contributed by atoms with van der Waals surface area (Å²) in [6.45, 7) is -1.29. The number of hydrogen-bond donors (Lipinski definition) is 3. The first kappa shape index (κ1) is 23.7. The van der Waals surface area contributed by atoms with Gasteiger partial charge in [0.1, 0.15) is 6.61 Å². The Labute approximate surface area is 195 Å². The van der Waals surface area contributed by atoms with E-state index < -0.39 is 42.4 Å². The number of carboxylic acids is 1. The van der Waals surface area contributed by atoms with Crippen molar-refractivity contribution in [1.29, 1.82) is 0 Å². The average Bonchev–Trinajstić information content (AvgIpc) is 3.15. The SMILES string of the molecule is O=C(NCC(F)(F)C(=O)NC1CCCCC1C(=O)O)OCC1c2ccccc2-c2ccccc21. The molecular weight excluding hydrogens is 446 g/mol. The van der Waals surface area contributed by atoms with Crippen LogP contribution in [0.2, 0.25) is 0 Å². The van der Waals surface area contributed by atoms with Crippen molar-refractivity contribution < 1.29 is 33.0 Å². The lowest BCUT2D eigenvalue weighted by Crippen LogP contribution is -2.54. The number of benzene rings is 2. The molecule has 4 rings (SSSR count). The van der Waals surface area contributed by atoms with E-state index in [4.69, 9.17) is 4.74 Å². The molecule has 1 saturated carbocycles. The summed E-state index contributed by atoms with van der Waals surface area (Å²) in [6, 6.07) is 14.6. The zero-order valence-electron chi connectivity index (χ0n) is 18.4. The molecule has 0 aliphatic heterocycles. The lowest BCUT2D eigenvalue weighted by atomic mass is 9.84. The van der Waals surface area contributed by atoms with Gasteiger partial charge in [-0.3, -0.25) is 9.59 Å². The van der Waals surface area contributed by atoms with Crippen molar-refractivity contribution in [2.24, 2.45) is 5.92 Å². The predicted octanol–water partition coefficient (Wildman–Crippen LogP) is 3.92. The number of rotatable bonds is 7. The van der Waals surface area contributed by atoms with Crippen LogP contribution in [0.5, 0.6) is 0 Å². The lowest BCUT2D eigenvalue weighted by Gasteiger charge is -2.30. The van der Waals surface area contributed by atoms with E-state index in [0.717, 1.165) is 22.3 Å². The summed E-state index contributed by atoms with van der Waals surface area (Å²) in [4.78, 5) is 35.6. The van der Waals surface area contributed by atoms with E-state index in [1.54, 1.807) is 0 Å². The third-order valence-corrected chi connectivity index (χ3v) is 6.53. The molecule has 2 atom stereocenters. The molecule has 2 aliphatic rings. The van der Waals surface area contributed by atoms with Crippen LogP contribution in [0.15, 0.2) is 48.5 Å². The molecule has 0 saturated heterocycles. The van der Waals surface area contributed by atoms with Crippen molar-refractivity contribution in [1.82, 2.24) is 10.6 Å². The first-order valence-corrected chi connectivity index (χ1v) is 11.3. The molecule has 1 fully saturated rings. The predicted molar refractivity (Wildman–Crippen MR) is 120 cm³/mol. The van der Waals surface area contributed by atoms with Gasteiger partial charge in [0.2, 0.25) is 0 Å². The average molecular weight is 472 g/mol. The highest BCUT2D eigenvalue weighted by molar-refractivity contribution is 5.85. The number of halogens is 2. The monoisotopic (exact) mass is 472 g/mol. The van der Waals surface area contributed by atoms with Crippen molar-refractivity contribution in [3.8, 4) is 11.1 Å². The second-order valence-electron chi connectivity index (χ2n) is 8.69. The third kappa shape index (κ3) is 4.88. The molecule has 2 unspecified atom stereocenters. The molecule has 0 spiro atoms. The maximum Gasteiger partial charge on any atom is 0.407 e. The minimum Gasteiger partial charge on any atom is -0.481 e. The van der Waals surface area contributed by atoms with Crippen molar-refractivity contribution in [3.05, 3.63) is 59.7 Å². The number of ether oxygens (including phenoxy) is 1. The van der Waals surface area contributed by atoms with Crippen molar-refractivity contribution in [3.63, 3.8) is 0 Å². The number of carbonyl (C=O) groups excluding carboxylic acids is 2. The second kappa shape index (κ2) is 9.79. The van der Waals surface area contributed by atoms with Crippen LogP contribution in [-0.2, 0) is 14.3 Å². The molecule has 2 aromatic rings. The summed E-state index contributed by atoms with van der Waals surface area (Å²) in [7, 11) is 0. The summed E-state index contributed by atoms with van der Waals surface area (Å²) in [5.41, 5.74) is 4.05. The van der Waals surface area contributed by atoms with Crippen LogP contribution in [0.1, 0.15) is 42.7 Å². The summed E-state index contributed by atoms with van der Waals surface area (Å²) in [5, 5.41) is 13.4. The van der Waals surface area contributed by atoms with Gasteiger partial charge in [-0.25, -0.2) is 4.79 Å². The number of carbonyl (C=O) groups is 3. The molecule has 2 amide bonds. The minimum atomic E-state index is -3.91. The summed E-state index contributed by atoms with van der Waals surface area (Å²) < 4.78 is 34.0. The fourth-order valence-corrected chi connectivity index (χ4v) is 4.79. The van der Waals surface area contributed by atoms with E-state index in [1.165, 1.54) is 0 Å². The van der Waals surface area contributed by atoms with E-state index >= 15 is 0 Å². The van der Waals surface area contributed by atoms with Crippen LogP contribution in [0.25, 0.3) is 11.1 Å². The largest absolute Gasteiger partial charge is 0.481 e. The smallest absolute Gasteiger partial charge is 0.407 e. The first-order valence-electron chi connectivity index (χ1n) is 11.3. The molecule has 9 heteroatoms. The first-order chi connectivity index (χ1) is 16.3. The molecule has 34 heavy (non-hydrogen) atoms. The summed E-state index contributed by atoms with van der Waals surface area (Å²) in [5.74, 6) is -7.76. The minimum absolute atomic E-state index is 0.0417. The Morgan fingerprint density at radius 1 is 0.971 bits per heavy atom. The molecule has 7 nitrogen and oxygen atoms in total. The van der Waals surface area contributed by atoms with Crippen LogP contribution < -0.4 is 10.6 Å². The quantitative estimate of drug-likeness (QED) is 0.567. The fourth-order valence-electron chi connectivity index (χ4n) is 4.79. The molecule has 2 aromatic carbocycles. The van der Waals surface area contributed by atoms with E-state index in [2.05, 4.69) is 5.32 Å². The second-order valence-corrected chi connectivity index (χ2v) is 8.69. The maximum atomic E-state index is 14.4. The van der Waals surface area contributed by atoms with Gasteiger partial charge in [-0.1, -0.05) is 61.4 Å². The number of amides is 2. The Morgan fingerprint density at radius 3 is 2.18 bits per heavy atom. The van der Waals surface area contributed by atoms with Crippen molar-refractivity contribution in [2.45, 2.75) is 43.6 Å². The molecule has 0 aromatic heterocycles. The highest BCUT2D eigenvalue weighted by atomic mass is 19.3. The van der Waals surface area contributed by atoms with Crippen LogP contribution in [-0.4, -0.2) is 48.2 Å². The Kier molecular flexibility index (Phi) is 6.81. The number of alkyl carbamates (subject to hydrolysis) is 1. The van der Waals surface area contributed by atoms with Crippen molar-refractivity contribution >= 4 is 18.0 Å². The number of fused-ring (bicyclic) bond motifs is 3. The van der Waals surface area contributed by atoms with Gasteiger partial charge in [-0.05, 0) is 35.1 Å². The molecule has 180 valence electrons. The van der Waals surface area contributed by atoms with Gasteiger partial charge < -0.3 is 20.5 Å². The van der Waals surface area contributed by atoms with Gasteiger partial charge in [-0.15, -0.1) is 0 Å². The molecule has 3 N–H and O–H groups in total. The summed E-state index contributed by atoms with van der Waals surface area (Å²) in [6.07, 6.45) is 0.902. The van der Waals surface area contributed by atoms with Crippen LogP contribution in [0, 0.1) is 5.92 Å². The van der Waals surface area contributed by atoms with Crippen LogP contribution in [0.3, 0.4) is 0 Å². The Bertz CT molecular complexity index is 1040. The number of carboxylic acid groups (broad SMARTS) is 1. The normalized spacial score (nSPS) is 19.6. The zero-order chi connectivity index (χ0) is 24.3. The number of aliphatic carboxylic acids is 1. The zero-order valence-corrected chi connectivity index (χ0v) is 18.4. The fraction of sp³-hybridized carbons (Fsp3) is 0.400. The van der Waals surface area contributed by atoms with E-state index in [9.17, 15) is 28.3 Å². The number of nitrogens with one attached hydrogen (secondary N) is 2. The van der Waals surface area contributed by atoms with Crippen LogP contribution in [0.4, 0.5) is 13.6 Å². The standard InChI is InChI=1S/C25H26F2N2O5/c26-25(27,23(32)29-21-12-6-5-11-19(21)22(30)31)14-28-24(33)34-13-20-17-9-3-1-7-15(17)16-8-2-4-10-18(16)20/h1-4,7-10,19-21H,5-6,11-14H2,(H,28,33)(H,29,32)(H,30,31). The van der Waals surface area contributed by atoms with E-state index in [0.29, 0.717) is 25.7 Å².